The van der Waals surface area contributed by atoms with Gasteiger partial charge in [-0.3, -0.25) is 0 Å². The minimum absolute atomic E-state index is 0. The number of carbonyl (C=O) groups is 1. The Labute approximate surface area is 247 Å². The second-order valence-electron chi connectivity index (χ2n) is 12.1. The fraction of sp³-hybridized carbons (Fsp3) is 0.441. The van der Waals surface area contributed by atoms with E-state index in [4.69, 9.17) is 0 Å². The zero-order chi connectivity index (χ0) is 28.0. The molecule has 0 radical (unpaired) electrons. The predicted octanol–water partition coefficient (Wildman–Crippen LogP) is 4.94. The van der Waals surface area contributed by atoms with Crippen molar-refractivity contribution < 1.29 is 26.3 Å². The number of nitrogens with one attached hydrogen (secondary N) is 1. The van der Waals surface area contributed by atoms with Crippen LogP contribution in [0.4, 0.5) is 10.5 Å². The van der Waals surface area contributed by atoms with Crippen LogP contribution in [0.15, 0.2) is 48.5 Å². The van der Waals surface area contributed by atoms with Gasteiger partial charge in [-0.15, -0.1) is 0 Å². The molecule has 0 aromatic heterocycles. The Morgan fingerprint density at radius 3 is 1.67 bits per heavy atom. The van der Waals surface area contributed by atoms with Crippen LogP contribution in [0.5, 0.6) is 0 Å². The molecule has 0 aliphatic rings. The first-order valence-electron chi connectivity index (χ1n) is 13.9. The number of nitrogens with zero attached hydrogens (tertiary/aromatic N) is 2. The van der Waals surface area contributed by atoms with E-state index in [1.165, 1.54) is 38.9 Å². The van der Waals surface area contributed by atoms with E-state index in [1.54, 1.807) is 0 Å². The monoisotopic (exact) mass is 593 g/mol. The molecule has 212 valence electrons. The molecule has 0 saturated carbocycles. The lowest BCUT2D eigenvalue weighted by molar-refractivity contribution is -0.903. The smallest absolute Gasteiger partial charge is 0.322 e. The average Bonchev–Trinajstić information content (AvgIpc) is 2.76. The van der Waals surface area contributed by atoms with Crippen molar-refractivity contribution >= 4 is 11.7 Å². The molecule has 1 N–H and O–H groups in total. The van der Waals surface area contributed by atoms with Crippen LogP contribution in [-0.2, 0) is 13.1 Å². The van der Waals surface area contributed by atoms with E-state index in [0.29, 0.717) is 6.54 Å². The van der Waals surface area contributed by atoms with Crippen molar-refractivity contribution in [2.24, 2.45) is 0 Å². The molecule has 4 nitrogen and oxygen atoms in total. The van der Waals surface area contributed by atoms with Crippen LogP contribution in [0, 0.1) is 48.5 Å². The minimum atomic E-state index is -0.0248. The van der Waals surface area contributed by atoms with Gasteiger partial charge in [0, 0.05) is 24.3 Å². The van der Waals surface area contributed by atoms with Gasteiger partial charge in [0.1, 0.15) is 6.54 Å². The summed E-state index contributed by atoms with van der Waals surface area (Å²) in [5.41, 5.74) is 12.0. The van der Waals surface area contributed by atoms with Crippen molar-refractivity contribution in [2.75, 3.05) is 32.5 Å². The number of carbonyl (C=O) groups excluding carboxylic acids is 1. The molecule has 0 atom stereocenters. The quantitative estimate of drug-likeness (QED) is 0.262. The molecule has 0 aliphatic heterocycles. The van der Waals surface area contributed by atoms with Gasteiger partial charge in [0.25, 0.3) is 0 Å². The maximum atomic E-state index is 13.6. The van der Waals surface area contributed by atoms with E-state index < -0.39 is 0 Å². The molecule has 0 heterocycles. The molecule has 0 spiro atoms. The average molecular weight is 595 g/mol. The first-order valence-corrected chi connectivity index (χ1v) is 13.9. The summed E-state index contributed by atoms with van der Waals surface area (Å²) in [6, 6.07) is 17.7. The predicted molar refractivity (Wildman–Crippen MR) is 162 cm³/mol. The van der Waals surface area contributed by atoms with Crippen molar-refractivity contribution in [3.8, 4) is 0 Å². The van der Waals surface area contributed by atoms with Crippen molar-refractivity contribution in [1.29, 1.82) is 0 Å². The summed E-state index contributed by atoms with van der Waals surface area (Å²) in [5, 5.41) is 3.24. The van der Waals surface area contributed by atoms with Crippen LogP contribution in [0.3, 0.4) is 0 Å². The van der Waals surface area contributed by atoms with Gasteiger partial charge in [-0.25, -0.2) is 4.79 Å². The zero-order valence-corrected chi connectivity index (χ0v) is 27.1. The van der Waals surface area contributed by atoms with Crippen LogP contribution in [0.1, 0.15) is 62.9 Å². The molecule has 3 aromatic rings. The Hall–Kier alpha value is -2.63. The maximum Gasteiger partial charge on any atom is 0.322 e. The van der Waals surface area contributed by atoms with E-state index in [2.05, 4.69) is 116 Å². The number of amides is 2. The fourth-order valence-electron chi connectivity index (χ4n) is 5.77. The Bertz CT molecular complexity index is 1220. The van der Waals surface area contributed by atoms with E-state index in [1.807, 2.05) is 4.90 Å². The Morgan fingerprint density at radius 2 is 1.15 bits per heavy atom. The van der Waals surface area contributed by atoms with E-state index in [0.717, 1.165) is 53.8 Å². The second kappa shape index (κ2) is 14.1. The van der Waals surface area contributed by atoms with Gasteiger partial charge in [0.2, 0.25) is 0 Å². The number of hydrogen-bond donors (Lipinski definition) is 1. The highest BCUT2D eigenvalue weighted by Gasteiger charge is 2.19. The number of halogens is 1. The van der Waals surface area contributed by atoms with Crippen molar-refractivity contribution in [2.45, 2.75) is 74.4 Å². The van der Waals surface area contributed by atoms with Gasteiger partial charge in [-0.2, -0.15) is 0 Å². The molecular formula is C34H48BrN3O. The van der Waals surface area contributed by atoms with Gasteiger partial charge >= 0.3 is 6.03 Å². The summed E-state index contributed by atoms with van der Waals surface area (Å²) in [5.74, 6) is 0. The molecule has 0 saturated heterocycles. The molecule has 3 aromatic carbocycles. The summed E-state index contributed by atoms with van der Waals surface area (Å²) < 4.78 is 0.938. The van der Waals surface area contributed by atoms with E-state index >= 15 is 0 Å². The number of urea groups is 1. The third kappa shape index (κ3) is 10.1. The molecule has 3 rings (SSSR count). The standard InChI is InChI=1S/C34H47N3O.BrH/c1-24-14-25(2)19-31(18-24)22-36(34(38)35-33-29(6)16-28(5)17-30(33)7)12-10-11-13-37(8,9)23-32-20-26(3)15-27(4)21-32;/h14-21H,10-13,22-23H2,1-9H3;1H. The van der Waals surface area contributed by atoms with Crippen molar-refractivity contribution in [3.63, 3.8) is 0 Å². The number of quaternary nitrogens is 1. The molecule has 2 amide bonds. The molecule has 0 fully saturated rings. The summed E-state index contributed by atoms with van der Waals surface area (Å²) in [6.07, 6.45) is 2.04. The number of rotatable bonds is 10. The minimum Gasteiger partial charge on any atom is -1.00 e. The van der Waals surface area contributed by atoms with Crippen LogP contribution < -0.4 is 22.3 Å². The second-order valence-corrected chi connectivity index (χ2v) is 12.1. The Morgan fingerprint density at radius 1 is 0.692 bits per heavy atom. The lowest BCUT2D eigenvalue weighted by Crippen LogP contribution is -3.00. The van der Waals surface area contributed by atoms with Crippen molar-refractivity contribution in [1.82, 2.24) is 4.90 Å². The molecule has 0 bridgehead atoms. The van der Waals surface area contributed by atoms with Crippen molar-refractivity contribution in [3.05, 3.63) is 98.6 Å². The lowest BCUT2D eigenvalue weighted by atomic mass is 10.1. The topological polar surface area (TPSA) is 32.3 Å². The summed E-state index contributed by atoms with van der Waals surface area (Å²) >= 11 is 0. The Balaban J connectivity index is 0.00000533. The number of hydrogen-bond acceptors (Lipinski definition) is 1. The number of benzene rings is 3. The molecule has 0 unspecified atom stereocenters. The number of unbranched alkanes of at least 4 members (excludes halogenated alkanes) is 1. The van der Waals surface area contributed by atoms with Crippen LogP contribution in [-0.4, -0.2) is 42.6 Å². The fourth-order valence-corrected chi connectivity index (χ4v) is 5.77. The number of anilines is 1. The molecule has 39 heavy (non-hydrogen) atoms. The third-order valence-electron chi connectivity index (χ3n) is 7.18. The Kier molecular flexibility index (Phi) is 11.8. The summed E-state index contributed by atoms with van der Waals surface area (Å²) in [4.78, 5) is 15.6. The molecule has 5 heteroatoms. The van der Waals surface area contributed by atoms with E-state index in [9.17, 15) is 4.79 Å². The van der Waals surface area contributed by atoms with Gasteiger partial charge in [0.05, 0.1) is 20.6 Å². The van der Waals surface area contributed by atoms with Crippen LogP contribution in [0.2, 0.25) is 0 Å². The first kappa shape index (κ1) is 32.6. The number of aryl methyl sites for hydroxylation is 7. The highest BCUT2D eigenvalue weighted by molar-refractivity contribution is 5.91. The highest BCUT2D eigenvalue weighted by Crippen LogP contribution is 2.23. The van der Waals surface area contributed by atoms with Gasteiger partial charge < -0.3 is 31.7 Å². The third-order valence-corrected chi connectivity index (χ3v) is 7.18. The summed E-state index contributed by atoms with van der Waals surface area (Å²) in [6.45, 7) is 18.2. The largest absolute Gasteiger partial charge is 1.00 e. The normalized spacial score (nSPS) is 11.2. The van der Waals surface area contributed by atoms with Gasteiger partial charge in [-0.05, 0) is 78.0 Å². The van der Waals surface area contributed by atoms with Crippen LogP contribution >= 0.6 is 0 Å². The van der Waals surface area contributed by atoms with Gasteiger partial charge in [-0.1, -0.05) is 76.3 Å². The molecule has 0 aliphatic carbocycles. The summed E-state index contributed by atoms with van der Waals surface area (Å²) in [7, 11) is 4.61. The first-order chi connectivity index (χ1) is 17.8. The zero-order valence-electron chi connectivity index (χ0n) is 25.5. The SMILES string of the molecule is Cc1cc(C)cc(CN(CCCC[N+](C)(C)Cc2cc(C)cc(C)c2)C(=O)Nc2c(C)cc(C)cc2C)c1.[Br-]. The molecular weight excluding hydrogens is 546 g/mol. The maximum absolute atomic E-state index is 13.6. The lowest BCUT2D eigenvalue weighted by Gasteiger charge is -2.31. The van der Waals surface area contributed by atoms with E-state index in [-0.39, 0.29) is 23.0 Å². The highest BCUT2D eigenvalue weighted by atomic mass is 79.9. The van der Waals surface area contributed by atoms with Crippen LogP contribution in [0.25, 0.3) is 0 Å². The van der Waals surface area contributed by atoms with Gasteiger partial charge in [0.15, 0.2) is 0 Å².